The van der Waals surface area contributed by atoms with Crippen LogP contribution >= 0.6 is 0 Å². The zero-order chi connectivity index (χ0) is 24.6. The molecule has 0 unspecified atom stereocenters. The minimum atomic E-state index is -0.274. The van der Waals surface area contributed by atoms with E-state index in [2.05, 4.69) is 31.1 Å². The van der Waals surface area contributed by atoms with Crippen molar-refractivity contribution in [3.8, 4) is 17.2 Å². The molecular formula is C28H26N4O3. The van der Waals surface area contributed by atoms with E-state index in [1.807, 2.05) is 48.5 Å². The molecule has 1 aliphatic carbocycles. The Hall–Kier alpha value is -4.26. The Morgan fingerprint density at radius 2 is 1.80 bits per heavy atom. The van der Waals surface area contributed by atoms with Gasteiger partial charge in [-0.15, -0.1) is 0 Å². The molecule has 4 aromatic rings. The molecule has 7 heteroatoms. The lowest BCUT2D eigenvalue weighted by Gasteiger charge is -2.14. The standard InChI is InChI=1S/C28H26N4O3/c1-28(2,3)26-17-24(32(31-26)19-9-5-4-6-10-19)27(34)30-18-8-7-11-21(14-18)35-25-12-13-29-23-16-20(33)15-22(23)25/h4-14,17H,15-16H2,1-3H3,(H,30,34). The highest BCUT2D eigenvalue weighted by Crippen LogP contribution is 2.32. The molecule has 0 aliphatic heterocycles. The number of benzene rings is 2. The van der Waals surface area contributed by atoms with E-state index in [0.29, 0.717) is 35.7 Å². The zero-order valence-electron chi connectivity index (χ0n) is 19.9. The second-order valence-corrected chi connectivity index (χ2v) is 9.62. The van der Waals surface area contributed by atoms with Gasteiger partial charge in [-0.1, -0.05) is 45.0 Å². The summed E-state index contributed by atoms with van der Waals surface area (Å²) in [5.74, 6) is 1.03. The van der Waals surface area contributed by atoms with E-state index in [1.165, 1.54) is 0 Å². The van der Waals surface area contributed by atoms with Crippen molar-refractivity contribution in [3.05, 3.63) is 95.6 Å². The van der Waals surface area contributed by atoms with Crippen molar-refractivity contribution >= 4 is 17.4 Å². The molecule has 1 N–H and O–H groups in total. The molecule has 5 rings (SSSR count). The fourth-order valence-corrected chi connectivity index (χ4v) is 4.03. The van der Waals surface area contributed by atoms with Crippen LogP contribution in [0.2, 0.25) is 0 Å². The number of nitrogens with one attached hydrogen (secondary N) is 1. The number of carbonyl (C=O) groups excluding carboxylic acids is 2. The molecule has 2 aromatic heterocycles. The minimum Gasteiger partial charge on any atom is -0.457 e. The number of para-hydroxylation sites is 1. The zero-order valence-corrected chi connectivity index (χ0v) is 19.9. The molecule has 0 saturated heterocycles. The Labute approximate surface area is 203 Å². The first-order valence-corrected chi connectivity index (χ1v) is 11.5. The summed E-state index contributed by atoms with van der Waals surface area (Å²) < 4.78 is 7.75. The fourth-order valence-electron chi connectivity index (χ4n) is 4.03. The molecule has 176 valence electrons. The van der Waals surface area contributed by atoms with Crippen molar-refractivity contribution in [2.45, 2.75) is 39.0 Å². The van der Waals surface area contributed by atoms with Gasteiger partial charge in [0.15, 0.2) is 0 Å². The number of aromatic nitrogens is 3. The summed E-state index contributed by atoms with van der Waals surface area (Å²) in [5, 5.41) is 7.70. The molecule has 35 heavy (non-hydrogen) atoms. The number of ether oxygens (including phenoxy) is 1. The van der Waals surface area contributed by atoms with Gasteiger partial charge >= 0.3 is 0 Å². The Morgan fingerprint density at radius 3 is 2.57 bits per heavy atom. The monoisotopic (exact) mass is 466 g/mol. The number of rotatable bonds is 5. The number of nitrogens with zero attached hydrogens (tertiary/aromatic N) is 3. The van der Waals surface area contributed by atoms with Crippen LogP contribution in [0.4, 0.5) is 5.69 Å². The summed E-state index contributed by atoms with van der Waals surface area (Å²) in [4.78, 5) is 29.5. The van der Waals surface area contributed by atoms with Crippen molar-refractivity contribution in [2.75, 3.05) is 5.32 Å². The number of hydrogen-bond donors (Lipinski definition) is 1. The van der Waals surface area contributed by atoms with Crippen LogP contribution in [0.5, 0.6) is 11.5 Å². The third-order valence-corrected chi connectivity index (χ3v) is 5.87. The number of pyridine rings is 1. The number of ketones is 1. The molecule has 2 heterocycles. The molecule has 0 fully saturated rings. The third kappa shape index (κ3) is 4.71. The molecule has 0 bridgehead atoms. The maximum Gasteiger partial charge on any atom is 0.274 e. The first-order chi connectivity index (χ1) is 16.8. The van der Waals surface area contributed by atoms with Crippen LogP contribution in [0.15, 0.2) is 72.9 Å². The average Bonchev–Trinajstić information content (AvgIpc) is 3.44. The predicted molar refractivity (Wildman–Crippen MR) is 133 cm³/mol. The van der Waals surface area contributed by atoms with Crippen molar-refractivity contribution < 1.29 is 14.3 Å². The maximum atomic E-state index is 13.3. The van der Waals surface area contributed by atoms with Gasteiger partial charge in [-0.25, -0.2) is 4.68 Å². The molecule has 2 aromatic carbocycles. The smallest absolute Gasteiger partial charge is 0.274 e. The lowest BCUT2D eigenvalue weighted by Crippen LogP contribution is -2.17. The van der Waals surface area contributed by atoms with E-state index < -0.39 is 0 Å². The normalized spacial score (nSPS) is 12.9. The van der Waals surface area contributed by atoms with Crippen LogP contribution in [-0.4, -0.2) is 26.5 Å². The molecule has 1 aliphatic rings. The maximum absolute atomic E-state index is 13.3. The van der Waals surface area contributed by atoms with Gasteiger partial charge in [0.1, 0.15) is 23.0 Å². The molecule has 7 nitrogen and oxygen atoms in total. The van der Waals surface area contributed by atoms with E-state index in [1.54, 1.807) is 29.1 Å². The molecule has 0 spiro atoms. The Bertz CT molecular complexity index is 1420. The SMILES string of the molecule is CC(C)(C)c1cc(C(=O)Nc2cccc(Oc3ccnc4c3CC(=O)C4)c2)n(-c2ccccc2)n1. The van der Waals surface area contributed by atoms with E-state index in [4.69, 9.17) is 9.84 Å². The Morgan fingerprint density at radius 1 is 1.00 bits per heavy atom. The lowest BCUT2D eigenvalue weighted by atomic mass is 9.92. The summed E-state index contributed by atoms with van der Waals surface area (Å²) in [6.07, 6.45) is 2.32. The Balaban J connectivity index is 1.41. The van der Waals surface area contributed by atoms with Gasteiger partial charge in [-0.3, -0.25) is 14.6 Å². The summed E-state index contributed by atoms with van der Waals surface area (Å²) in [7, 11) is 0. The summed E-state index contributed by atoms with van der Waals surface area (Å²) in [5.41, 5.74) is 4.05. The summed E-state index contributed by atoms with van der Waals surface area (Å²) in [6, 6.07) is 20.4. The lowest BCUT2D eigenvalue weighted by molar-refractivity contribution is -0.117. The van der Waals surface area contributed by atoms with Crippen molar-refractivity contribution in [1.82, 2.24) is 14.8 Å². The molecule has 1 amide bonds. The number of anilines is 1. The summed E-state index contributed by atoms with van der Waals surface area (Å²) in [6.45, 7) is 6.20. The molecule has 0 atom stereocenters. The topological polar surface area (TPSA) is 86.1 Å². The highest BCUT2D eigenvalue weighted by molar-refractivity contribution is 6.03. The first kappa shape index (κ1) is 22.5. The van der Waals surface area contributed by atoms with Gasteiger partial charge in [0.25, 0.3) is 5.91 Å². The van der Waals surface area contributed by atoms with E-state index in [-0.39, 0.29) is 17.1 Å². The van der Waals surface area contributed by atoms with E-state index >= 15 is 0 Å². The van der Waals surface area contributed by atoms with E-state index in [9.17, 15) is 9.59 Å². The van der Waals surface area contributed by atoms with Gasteiger partial charge < -0.3 is 10.1 Å². The quantitative estimate of drug-likeness (QED) is 0.433. The highest BCUT2D eigenvalue weighted by Gasteiger charge is 2.25. The molecular weight excluding hydrogens is 440 g/mol. The van der Waals surface area contributed by atoms with Gasteiger partial charge in [-0.05, 0) is 36.4 Å². The van der Waals surface area contributed by atoms with Crippen LogP contribution < -0.4 is 10.1 Å². The largest absolute Gasteiger partial charge is 0.457 e. The number of amides is 1. The van der Waals surface area contributed by atoms with Crippen molar-refractivity contribution in [3.63, 3.8) is 0 Å². The third-order valence-electron chi connectivity index (χ3n) is 5.87. The average molecular weight is 467 g/mol. The van der Waals surface area contributed by atoms with Gasteiger partial charge in [0.2, 0.25) is 0 Å². The van der Waals surface area contributed by atoms with Gasteiger partial charge in [-0.2, -0.15) is 5.10 Å². The first-order valence-electron chi connectivity index (χ1n) is 11.5. The number of Topliss-reactive ketones (excluding diaryl/α,β-unsaturated/α-hetero) is 1. The predicted octanol–water partition coefficient (Wildman–Crippen LogP) is 5.28. The number of fused-ring (bicyclic) bond motifs is 1. The number of hydrogen-bond acceptors (Lipinski definition) is 5. The summed E-state index contributed by atoms with van der Waals surface area (Å²) >= 11 is 0. The van der Waals surface area contributed by atoms with Crippen molar-refractivity contribution in [2.24, 2.45) is 0 Å². The second kappa shape index (κ2) is 8.83. The van der Waals surface area contributed by atoms with Crippen LogP contribution in [0.1, 0.15) is 48.2 Å². The van der Waals surface area contributed by atoms with Gasteiger partial charge in [0, 0.05) is 41.8 Å². The second-order valence-electron chi connectivity index (χ2n) is 9.62. The Kier molecular flexibility index (Phi) is 5.68. The minimum absolute atomic E-state index is 0.134. The van der Waals surface area contributed by atoms with E-state index in [0.717, 1.165) is 22.6 Å². The van der Waals surface area contributed by atoms with Crippen LogP contribution in [0.25, 0.3) is 5.69 Å². The van der Waals surface area contributed by atoms with Crippen molar-refractivity contribution in [1.29, 1.82) is 0 Å². The van der Waals surface area contributed by atoms with Crippen LogP contribution in [0.3, 0.4) is 0 Å². The highest BCUT2D eigenvalue weighted by atomic mass is 16.5. The van der Waals surface area contributed by atoms with Crippen LogP contribution in [-0.2, 0) is 23.1 Å². The van der Waals surface area contributed by atoms with Crippen LogP contribution in [0, 0.1) is 0 Å². The fraction of sp³-hybridized carbons (Fsp3) is 0.214. The molecule has 0 saturated carbocycles. The van der Waals surface area contributed by atoms with Gasteiger partial charge in [0.05, 0.1) is 17.1 Å². The number of carbonyl (C=O) groups is 2. The molecule has 0 radical (unpaired) electrons.